The van der Waals surface area contributed by atoms with Crippen molar-refractivity contribution in [3.05, 3.63) is 93.5 Å². The number of ether oxygens (including phenoxy) is 2. The first-order chi connectivity index (χ1) is 17.3. The van der Waals surface area contributed by atoms with Gasteiger partial charge in [-0.05, 0) is 81.7 Å². The Hall–Kier alpha value is -4.44. The molecule has 9 nitrogen and oxygen atoms in total. The highest BCUT2D eigenvalue weighted by molar-refractivity contribution is 9.10. The number of carboxylic acid groups (broad SMARTS) is 1. The molecule has 1 saturated heterocycles. The molecule has 0 spiro atoms. The lowest BCUT2D eigenvalue weighted by Crippen LogP contribution is -2.54. The molecule has 1 fully saturated rings. The molecule has 0 aliphatic carbocycles. The Morgan fingerprint density at radius 1 is 1.03 bits per heavy atom. The Labute approximate surface area is 214 Å². The van der Waals surface area contributed by atoms with Crippen molar-refractivity contribution in [2.45, 2.75) is 6.61 Å². The number of anilines is 1. The smallest absolute Gasteiger partial charge is 0.335 e. The van der Waals surface area contributed by atoms with Crippen LogP contribution in [0, 0.1) is 0 Å². The van der Waals surface area contributed by atoms with Crippen molar-refractivity contribution in [1.29, 1.82) is 0 Å². The summed E-state index contributed by atoms with van der Waals surface area (Å²) in [6.07, 6.45) is 1.39. The van der Waals surface area contributed by atoms with E-state index in [1.54, 1.807) is 54.6 Å². The molecular weight excluding hydrogens is 532 g/mol. The predicted octanol–water partition coefficient (Wildman–Crippen LogP) is 4.40. The third-order valence-electron chi connectivity index (χ3n) is 5.29. The summed E-state index contributed by atoms with van der Waals surface area (Å²) >= 11 is 3.42. The van der Waals surface area contributed by atoms with Gasteiger partial charge in [-0.1, -0.05) is 18.2 Å². The average molecular weight is 551 g/mol. The maximum Gasteiger partial charge on any atom is 0.335 e. The number of benzene rings is 3. The van der Waals surface area contributed by atoms with Gasteiger partial charge in [0.25, 0.3) is 11.8 Å². The molecule has 1 aliphatic heterocycles. The summed E-state index contributed by atoms with van der Waals surface area (Å²) in [5, 5.41) is 11.2. The quantitative estimate of drug-likeness (QED) is 0.330. The van der Waals surface area contributed by atoms with E-state index in [0.717, 1.165) is 10.5 Å². The average Bonchev–Trinajstić information content (AvgIpc) is 2.86. The number of halogens is 1. The molecule has 0 radical (unpaired) electrons. The zero-order valence-corrected chi connectivity index (χ0v) is 20.4. The lowest BCUT2D eigenvalue weighted by atomic mass is 10.1. The molecule has 0 aromatic heterocycles. The number of amides is 4. The van der Waals surface area contributed by atoms with E-state index < -0.39 is 23.8 Å². The number of methoxy groups -OCH3 is 1. The minimum Gasteiger partial charge on any atom is -0.497 e. The SMILES string of the molecule is COc1ccc(N2C(=O)NC(=O)C(=Cc3ccc(OCc4ccc(C(=O)O)cc4)c(Br)c3)C2=O)cc1. The van der Waals surface area contributed by atoms with Crippen LogP contribution in [0.1, 0.15) is 21.5 Å². The van der Waals surface area contributed by atoms with E-state index in [9.17, 15) is 19.2 Å². The van der Waals surface area contributed by atoms with Crippen LogP contribution in [-0.4, -0.2) is 36.0 Å². The van der Waals surface area contributed by atoms with Crippen molar-refractivity contribution in [2.24, 2.45) is 0 Å². The zero-order chi connectivity index (χ0) is 25.8. The predicted molar refractivity (Wildman–Crippen MR) is 134 cm³/mol. The van der Waals surface area contributed by atoms with Crippen LogP contribution >= 0.6 is 15.9 Å². The number of carbonyl (C=O) groups excluding carboxylic acids is 3. The Bertz CT molecular complexity index is 1380. The van der Waals surface area contributed by atoms with Gasteiger partial charge in [0.1, 0.15) is 23.7 Å². The van der Waals surface area contributed by atoms with Crippen LogP contribution in [0.15, 0.2) is 76.8 Å². The number of hydrogen-bond donors (Lipinski definition) is 2. The summed E-state index contributed by atoms with van der Waals surface area (Å²) in [4.78, 5) is 49.7. The van der Waals surface area contributed by atoms with E-state index in [2.05, 4.69) is 21.2 Å². The molecule has 1 heterocycles. The normalized spacial score (nSPS) is 14.6. The van der Waals surface area contributed by atoms with Gasteiger partial charge in [0, 0.05) is 0 Å². The molecule has 3 aromatic rings. The third kappa shape index (κ3) is 5.28. The Morgan fingerprint density at radius 2 is 1.72 bits per heavy atom. The second-order valence-electron chi connectivity index (χ2n) is 7.64. The number of carbonyl (C=O) groups is 4. The van der Waals surface area contributed by atoms with Crippen molar-refractivity contribution >= 4 is 51.5 Å². The van der Waals surface area contributed by atoms with Gasteiger partial charge in [-0.25, -0.2) is 14.5 Å². The van der Waals surface area contributed by atoms with Crippen molar-refractivity contribution in [1.82, 2.24) is 5.32 Å². The van der Waals surface area contributed by atoms with Gasteiger partial charge >= 0.3 is 12.0 Å². The van der Waals surface area contributed by atoms with Gasteiger partial charge in [0.15, 0.2) is 0 Å². The second-order valence-corrected chi connectivity index (χ2v) is 8.49. The van der Waals surface area contributed by atoms with E-state index in [4.69, 9.17) is 14.6 Å². The first-order valence-electron chi connectivity index (χ1n) is 10.6. The van der Waals surface area contributed by atoms with Gasteiger partial charge in [-0.15, -0.1) is 0 Å². The Kier molecular flexibility index (Phi) is 7.16. The van der Waals surface area contributed by atoms with Crippen molar-refractivity contribution < 1.29 is 33.8 Å². The molecular formula is C26H19BrN2O7. The third-order valence-corrected chi connectivity index (χ3v) is 5.91. The molecule has 3 aromatic carbocycles. The van der Waals surface area contributed by atoms with Gasteiger partial charge in [-0.2, -0.15) is 0 Å². The fourth-order valence-corrected chi connectivity index (χ4v) is 3.93. The van der Waals surface area contributed by atoms with E-state index in [1.807, 2.05) is 0 Å². The van der Waals surface area contributed by atoms with Crippen LogP contribution in [0.4, 0.5) is 10.5 Å². The number of rotatable bonds is 7. The zero-order valence-electron chi connectivity index (χ0n) is 18.9. The van der Waals surface area contributed by atoms with Crippen LogP contribution in [0.3, 0.4) is 0 Å². The minimum atomic E-state index is -1.00. The van der Waals surface area contributed by atoms with E-state index >= 15 is 0 Å². The first-order valence-corrected chi connectivity index (χ1v) is 11.4. The molecule has 36 heavy (non-hydrogen) atoms. The molecule has 0 saturated carbocycles. The molecule has 4 amide bonds. The molecule has 0 bridgehead atoms. The summed E-state index contributed by atoms with van der Waals surface area (Å²) < 4.78 is 11.5. The highest BCUT2D eigenvalue weighted by atomic mass is 79.9. The molecule has 10 heteroatoms. The largest absolute Gasteiger partial charge is 0.497 e. The van der Waals surface area contributed by atoms with Crippen molar-refractivity contribution in [3.63, 3.8) is 0 Å². The standard InChI is InChI=1S/C26H19BrN2O7/c1-35-19-9-7-18(8-10-19)29-24(31)20(23(30)28-26(29)34)12-16-4-11-22(21(27)13-16)36-14-15-2-5-17(6-3-15)25(32)33/h2-13H,14H2,1H3,(H,32,33)(H,28,30,34). The highest BCUT2D eigenvalue weighted by Crippen LogP contribution is 2.29. The fourth-order valence-electron chi connectivity index (χ4n) is 3.42. The summed E-state index contributed by atoms with van der Waals surface area (Å²) in [7, 11) is 1.50. The molecule has 182 valence electrons. The number of barbiturate groups is 1. The lowest BCUT2D eigenvalue weighted by Gasteiger charge is -2.26. The van der Waals surface area contributed by atoms with Crippen molar-refractivity contribution in [2.75, 3.05) is 12.0 Å². The number of carboxylic acids is 1. The second kappa shape index (κ2) is 10.4. The van der Waals surface area contributed by atoms with Crippen LogP contribution in [-0.2, 0) is 16.2 Å². The number of nitrogens with zero attached hydrogens (tertiary/aromatic N) is 1. The van der Waals surface area contributed by atoms with E-state index in [0.29, 0.717) is 21.5 Å². The van der Waals surface area contributed by atoms with Crippen LogP contribution in [0.2, 0.25) is 0 Å². The maximum atomic E-state index is 13.1. The number of aromatic carboxylic acids is 1. The van der Waals surface area contributed by atoms with E-state index in [1.165, 1.54) is 25.3 Å². The molecule has 2 N–H and O–H groups in total. The van der Waals surface area contributed by atoms with Crippen LogP contribution < -0.4 is 19.7 Å². The van der Waals surface area contributed by atoms with Gasteiger partial charge in [0.05, 0.1) is 22.8 Å². The Morgan fingerprint density at radius 3 is 2.33 bits per heavy atom. The Balaban J connectivity index is 1.52. The van der Waals surface area contributed by atoms with Crippen molar-refractivity contribution in [3.8, 4) is 11.5 Å². The summed E-state index contributed by atoms with van der Waals surface area (Å²) in [6, 6.07) is 16.8. The number of urea groups is 1. The highest BCUT2D eigenvalue weighted by Gasteiger charge is 2.36. The minimum absolute atomic E-state index is 0.186. The fraction of sp³-hybridized carbons (Fsp3) is 0.0769. The molecule has 0 unspecified atom stereocenters. The molecule has 1 aliphatic rings. The topological polar surface area (TPSA) is 122 Å². The first kappa shape index (κ1) is 24.7. The van der Waals surface area contributed by atoms with Gasteiger partial charge in [-0.3, -0.25) is 14.9 Å². The van der Waals surface area contributed by atoms with Gasteiger partial charge in [0.2, 0.25) is 0 Å². The number of nitrogens with one attached hydrogen (secondary N) is 1. The summed E-state index contributed by atoms with van der Waals surface area (Å²) in [5.41, 5.74) is 1.59. The van der Waals surface area contributed by atoms with Gasteiger partial charge < -0.3 is 14.6 Å². The maximum absolute atomic E-state index is 13.1. The lowest BCUT2D eigenvalue weighted by molar-refractivity contribution is -0.122. The van der Waals surface area contributed by atoms with E-state index in [-0.39, 0.29) is 23.4 Å². The summed E-state index contributed by atoms with van der Waals surface area (Å²) in [5.74, 6) is -1.49. The van der Waals surface area contributed by atoms with Crippen LogP contribution in [0.25, 0.3) is 6.08 Å². The monoisotopic (exact) mass is 550 g/mol. The molecule has 0 atom stereocenters. The number of hydrogen-bond acceptors (Lipinski definition) is 6. The summed E-state index contributed by atoms with van der Waals surface area (Å²) in [6.45, 7) is 0.207. The number of imide groups is 2. The van der Waals surface area contributed by atoms with Crippen LogP contribution in [0.5, 0.6) is 11.5 Å². The molecule has 4 rings (SSSR count).